The van der Waals surface area contributed by atoms with Crippen LogP contribution in [0.1, 0.15) is 6.92 Å². The fourth-order valence-electron chi connectivity index (χ4n) is 1.61. The first-order valence-corrected chi connectivity index (χ1v) is 5.05. The van der Waals surface area contributed by atoms with Crippen LogP contribution in [0.4, 0.5) is 13.2 Å². The van der Waals surface area contributed by atoms with E-state index in [9.17, 15) is 18.0 Å². The quantitative estimate of drug-likeness (QED) is 0.644. The number of carbonyl (C=O) groups excluding carboxylic acids is 1. The molecular weight excluding hydrogens is 225 g/mol. The van der Waals surface area contributed by atoms with Gasteiger partial charge in [0.25, 0.3) is 0 Å². The normalized spacial score (nSPS) is 27.8. The molecule has 0 spiro atoms. The lowest BCUT2D eigenvalue weighted by atomic mass is 9.97. The van der Waals surface area contributed by atoms with E-state index in [1.54, 1.807) is 0 Å². The van der Waals surface area contributed by atoms with Crippen LogP contribution in [0.15, 0.2) is 0 Å². The Hall–Kier alpha value is -0.820. The molecule has 0 aromatic carbocycles. The summed E-state index contributed by atoms with van der Waals surface area (Å²) >= 11 is 0. The van der Waals surface area contributed by atoms with Crippen molar-refractivity contribution in [2.24, 2.45) is 11.8 Å². The lowest BCUT2D eigenvalue weighted by Crippen LogP contribution is -2.43. The van der Waals surface area contributed by atoms with Gasteiger partial charge >= 0.3 is 6.18 Å². The van der Waals surface area contributed by atoms with E-state index < -0.39 is 24.7 Å². The Labute approximate surface area is 91.2 Å². The number of hydrogen-bond acceptors (Lipinski definition) is 3. The van der Waals surface area contributed by atoms with Crippen molar-refractivity contribution >= 4 is 5.91 Å². The van der Waals surface area contributed by atoms with Gasteiger partial charge in [-0.15, -0.1) is 0 Å². The molecule has 0 saturated carbocycles. The summed E-state index contributed by atoms with van der Waals surface area (Å²) in [6.07, 6.45) is -7.19. The molecule has 3 atom stereocenters. The van der Waals surface area contributed by atoms with Crippen molar-refractivity contribution in [3.8, 4) is 0 Å². The van der Waals surface area contributed by atoms with Crippen LogP contribution in [0.3, 0.4) is 0 Å². The summed E-state index contributed by atoms with van der Waals surface area (Å²) in [7, 11) is 0. The van der Waals surface area contributed by atoms with Crippen molar-refractivity contribution in [2.75, 3.05) is 19.6 Å². The number of rotatable bonds is 3. The van der Waals surface area contributed by atoms with E-state index in [4.69, 9.17) is 5.11 Å². The SMILES string of the molecule is C[C@@H]1CNC[C@H]1C(=O)NCC(O)C(F)(F)F. The minimum atomic E-state index is -4.69. The molecule has 1 saturated heterocycles. The zero-order valence-corrected chi connectivity index (χ0v) is 8.84. The predicted octanol–water partition coefficient (Wildman–Crippen LogP) is -0.119. The Morgan fingerprint density at radius 2 is 2.19 bits per heavy atom. The van der Waals surface area contributed by atoms with E-state index in [1.165, 1.54) is 0 Å². The molecule has 1 amide bonds. The highest BCUT2D eigenvalue weighted by atomic mass is 19.4. The van der Waals surface area contributed by atoms with Crippen LogP contribution >= 0.6 is 0 Å². The maximum atomic E-state index is 11.9. The van der Waals surface area contributed by atoms with Gasteiger partial charge in [-0.3, -0.25) is 4.79 Å². The van der Waals surface area contributed by atoms with E-state index in [-0.39, 0.29) is 11.8 Å². The Balaban J connectivity index is 2.35. The van der Waals surface area contributed by atoms with Crippen LogP contribution < -0.4 is 10.6 Å². The maximum absolute atomic E-state index is 11.9. The minimum Gasteiger partial charge on any atom is -0.382 e. The molecule has 0 radical (unpaired) electrons. The lowest BCUT2D eigenvalue weighted by molar-refractivity contribution is -0.202. The van der Waals surface area contributed by atoms with Gasteiger partial charge in [-0.2, -0.15) is 13.2 Å². The van der Waals surface area contributed by atoms with Crippen molar-refractivity contribution in [3.05, 3.63) is 0 Å². The van der Waals surface area contributed by atoms with Crippen LogP contribution in [-0.2, 0) is 4.79 Å². The summed E-state index contributed by atoms with van der Waals surface area (Å²) in [5.74, 6) is -0.663. The Morgan fingerprint density at radius 3 is 2.62 bits per heavy atom. The molecule has 1 heterocycles. The van der Waals surface area contributed by atoms with Crippen LogP contribution in [0.25, 0.3) is 0 Å². The Morgan fingerprint density at radius 1 is 1.56 bits per heavy atom. The fraction of sp³-hybridized carbons (Fsp3) is 0.889. The first kappa shape index (κ1) is 13.2. The molecule has 1 aliphatic rings. The molecule has 1 unspecified atom stereocenters. The van der Waals surface area contributed by atoms with Gasteiger partial charge in [-0.05, 0) is 12.5 Å². The van der Waals surface area contributed by atoms with E-state index in [2.05, 4.69) is 10.6 Å². The number of amides is 1. The number of nitrogens with one attached hydrogen (secondary N) is 2. The van der Waals surface area contributed by atoms with Gasteiger partial charge < -0.3 is 15.7 Å². The summed E-state index contributed by atoms with van der Waals surface area (Å²) in [6, 6.07) is 0. The Kier molecular flexibility index (Phi) is 4.15. The Bertz CT molecular complexity index is 258. The lowest BCUT2D eigenvalue weighted by Gasteiger charge is -2.18. The molecule has 1 fully saturated rings. The molecule has 1 aliphatic heterocycles. The molecule has 4 nitrogen and oxygen atoms in total. The number of carbonyl (C=O) groups is 1. The fourth-order valence-corrected chi connectivity index (χ4v) is 1.61. The first-order valence-electron chi connectivity index (χ1n) is 5.05. The third-order valence-corrected chi connectivity index (χ3v) is 2.70. The van der Waals surface area contributed by atoms with Crippen molar-refractivity contribution in [2.45, 2.75) is 19.2 Å². The second-order valence-electron chi connectivity index (χ2n) is 4.04. The van der Waals surface area contributed by atoms with Gasteiger partial charge in [0.1, 0.15) is 0 Å². The molecule has 1 rings (SSSR count). The van der Waals surface area contributed by atoms with Gasteiger partial charge in [0.15, 0.2) is 6.10 Å². The molecule has 0 aromatic heterocycles. The highest BCUT2D eigenvalue weighted by molar-refractivity contribution is 5.79. The highest BCUT2D eigenvalue weighted by Gasteiger charge is 2.39. The molecule has 16 heavy (non-hydrogen) atoms. The van der Waals surface area contributed by atoms with Gasteiger partial charge in [0.2, 0.25) is 5.91 Å². The monoisotopic (exact) mass is 240 g/mol. The number of alkyl halides is 3. The zero-order chi connectivity index (χ0) is 12.3. The van der Waals surface area contributed by atoms with Crippen molar-refractivity contribution < 1.29 is 23.1 Å². The molecule has 0 bridgehead atoms. The van der Waals surface area contributed by atoms with E-state index in [0.29, 0.717) is 13.1 Å². The summed E-state index contributed by atoms with van der Waals surface area (Å²) in [5.41, 5.74) is 0. The van der Waals surface area contributed by atoms with Gasteiger partial charge in [0, 0.05) is 6.54 Å². The average molecular weight is 240 g/mol. The third kappa shape index (κ3) is 3.34. The molecule has 94 valence electrons. The van der Waals surface area contributed by atoms with E-state index >= 15 is 0 Å². The smallest absolute Gasteiger partial charge is 0.382 e. The minimum absolute atomic E-state index is 0.100. The number of halogens is 3. The summed E-state index contributed by atoms with van der Waals surface area (Å²) in [6.45, 7) is 2.21. The average Bonchev–Trinajstić information content (AvgIpc) is 2.58. The van der Waals surface area contributed by atoms with Crippen molar-refractivity contribution in [3.63, 3.8) is 0 Å². The summed E-state index contributed by atoms with van der Waals surface area (Å²) < 4.78 is 35.8. The molecule has 0 aliphatic carbocycles. The second-order valence-corrected chi connectivity index (χ2v) is 4.04. The molecule has 0 aromatic rings. The van der Waals surface area contributed by atoms with Gasteiger partial charge in [-0.25, -0.2) is 0 Å². The largest absolute Gasteiger partial charge is 0.416 e. The van der Waals surface area contributed by atoms with Crippen LogP contribution in [-0.4, -0.2) is 42.9 Å². The van der Waals surface area contributed by atoms with E-state index in [1.807, 2.05) is 6.92 Å². The summed E-state index contributed by atoms with van der Waals surface area (Å²) in [4.78, 5) is 11.5. The standard InChI is InChI=1S/C9H15F3N2O2/c1-5-2-13-3-6(5)8(16)14-4-7(15)9(10,11)12/h5-7,13,15H,2-4H2,1H3,(H,14,16)/t5-,6-,7?/m1/s1. The highest BCUT2D eigenvalue weighted by Crippen LogP contribution is 2.20. The van der Waals surface area contributed by atoms with Gasteiger partial charge in [0.05, 0.1) is 12.5 Å². The topological polar surface area (TPSA) is 61.4 Å². The number of aliphatic hydroxyl groups excluding tert-OH is 1. The van der Waals surface area contributed by atoms with Crippen molar-refractivity contribution in [1.29, 1.82) is 0 Å². The van der Waals surface area contributed by atoms with Crippen LogP contribution in [0, 0.1) is 11.8 Å². The van der Waals surface area contributed by atoms with E-state index in [0.717, 1.165) is 0 Å². The summed E-state index contributed by atoms with van der Waals surface area (Å²) in [5, 5.41) is 13.8. The predicted molar refractivity (Wildman–Crippen MR) is 50.6 cm³/mol. The zero-order valence-electron chi connectivity index (χ0n) is 8.84. The third-order valence-electron chi connectivity index (χ3n) is 2.70. The van der Waals surface area contributed by atoms with Crippen LogP contribution in [0.2, 0.25) is 0 Å². The maximum Gasteiger partial charge on any atom is 0.416 e. The number of hydrogen-bond donors (Lipinski definition) is 3. The molecule has 7 heteroatoms. The molecular formula is C9H15F3N2O2. The second kappa shape index (κ2) is 5.01. The first-order chi connectivity index (χ1) is 7.32. The van der Waals surface area contributed by atoms with Crippen molar-refractivity contribution in [1.82, 2.24) is 10.6 Å². The molecule has 3 N–H and O–H groups in total. The van der Waals surface area contributed by atoms with Crippen LogP contribution in [0.5, 0.6) is 0 Å². The number of aliphatic hydroxyl groups is 1. The van der Waals surface area contributed by atoms with Gasteiger partial charge in [-0.1, -0.05) is 6.92 Å².